The second-order valence-electron chi connectivity index (χ2n) is 4.98. The lowest BCUT2D eigenvalue weighted by Gasteiger charge is -2.21. The molecule has 0 aromatic heterocycles. The summed E-state index contributed by atoms with van der Waals surface area (Å²) in [6, 6.07) is 6.84. The molecule has 1 aromatic carbocycles. The number of amides is 1. The van der Waals surface area contributed by atoms with Crippen LogP contribution in [0.2, 0.25) is 0 Å². The standard InChI is InChI=1S/C14H22N2O3/c1-9(2)8-13(18)14(15)19-12-6-4-11(5-7-12)16-10(3)17/h4-7,9,13-14,18H,8,15H2,1-3H3,(H,16,17). The molecule has 1 rings (SSSR count). The van der Waals surface area contributed by atoms with Crippen molar-refractivity contribution in [2.75, 3.05) is 5.32 Å². The molecule has 0 saturated heterocycles. The maximum atomic E-state index is 10.9. The summed E-state index contributed by atoms with van der Waals surface area (Å²) in [5.74, 6) is 0.786. The van der Waals surface area contributed by atoms with Crippen molar-refractivity contribution in [3.8, 4) is 5.75 Å². The van der Waals surface area contributed by atoms with E-state index in [0.29, 0.717) is 23.8 Å². The fourth-order valence-corrected chi connectivity index (χ4v) is 1.67. The second kappa shape index (κ2) is 7.11. The van der Waals surface area contributed by atoms with Crippen molar-refractivity contribution in [1.29, 1.82) is 0 Å². The third kappa shape index (κ3) is 5.72. The number of aliphatic hydroxyl groups is 1. The lowest BCUT2D eigenvalue weighted by Crippen LogP contribution is -2.40. The largest absolute Gasteiger partial charge is 0.473 e. The van der Waals surface area contributed by atoms with Gasteiger partial charge in [0.1, 0.15) is 11.9 Å². The molecule has 1 amide bonds. The minimum Gasteiger partial charge on any atom is -0.473 e. The zero-order valence-electron chi connectivity index (χ0n) is 11.6. The molecule has 4 N–H and O–H groups in total. The Kier molecular flexibility index (Phi) is 5.79. The van der Waals surface area contributed by atoms with Crippen molar-refractivity contribution < 1.29 is 14.6 Å². The number of benzene rings is 1. The van der Waals surface area contributed by atoms with Crippen LogP contribution in [-0.4, -0.2) is 23.3 Å². The topological polar surface area (TPSA) is 84.6 Å². The van der Waals surface area contributed by atoms with E-state index in [9.17, 15) is 9.90 Å². The normalized spacial score (nSPS) is 14.0. The van der Waals surface area contributed by atoms with Crippen LogP contribution in [0.15, 0.2) is 24.3 Å². The van der Waals surface area contributed by atoms with Gasteiger partial charge in [0.15, 0.2) is 6.23 Å². The molecule has 1 aromatic rings. The number of nitrogens with one attached hydrogen (secondary N) is 1. The van der Waals surface area contributed by atoms with Crippen LogP contribution < -0.4 is 15.8 Å². The zero-order chi connectivity index (χ0) is 14.4. The first kappa shape index (κ1) is 15.5. The molecule has 0 fully saturated rings. The maximum absolute atomic E-state index is 10.9. The average Bonchev–Trinajstić information content (AvgIpc) is 2.30. The van der Waals surface area contributed by atoms with Crippen molar-refractivity contribution in [3.63, 3.8) is 0 Å². The first-order valence-corrected chi connectivity index (χ1v) is 6.36. The summed E-state index contributed by atoms with van der Waals surface area (Å²) in [5.41, 5.74) is 6.47. The molecular weight excluding hydrogens is 244 g/mol. The van der Waals surface area contributed by atoms with Crippen LogP contribution in [0, 0.1) is 5.92 Å². The molecule has 0 saturated carbocycles. The summed E-state index contributed by atoms with van der Waals surface area (Å²) in [6.07, 6.45) is -0.866. The van der Waals surface area contributed by atoms with Gasteiger partial charge in [0.05, 0.1) is 0 Å². The van der Waals surface area contributed by atoms with Gasteiger partial charge in [0.25, 0.3) is 0 Å². The third-order valence-electron chi connectivity index (χ3n) is 2.54. The minimum absolute atomic E-state index is 0.127. The third-order valence-corrected chi connectivity index (χ3v) is 2.54. The molecule has 0 radical (unpaired) electrons. The molecular formula is C14H22N2O3. The monoisotopic (exact) mass is 266 g/mol. The summed E-state index contributed by atoms with van der Waals surface area (Å²) >= 11 is 0. The van der Waals surface area contributed by atoms with Gasteiger partial charge in [-0.3, -0.25) is 10.5 Å². The Bertz CT molecular complexity index is 404. The highest BCUT2D eigenvalue weighted by molar-refractivity contribution is 5.88. The van der Waals surface area contributed by atoms with E-state index in [-0.39, 0.29) is 5.91 Å². The first-order valence-electron chi connectivity index (χ1n) is 6.36. The Labute approximate surface area is 113 Å². The summed E-state index contributed by atoms with van der Waals surface area (Å²) < 4.78 is 5.45. The van der Waals surface area contributed by atoms with Gasteiger partial charge in [-0.15, -0.1) is 0 Å². The molecule has 0 spiro atoms. The predicted octanol–water partition coefficient (Wildman–Crippen LogP) is 1.72. The van der Waals surface area contributed by atoms with Gasteiger partial charge in [-0.05, 0) is 36.6 Å². The number of rotatable bonds is 6. The van der Waals surface area contributed by atoms with E-state index in [2.05, 4.69) is 5.32 Å². The van der Waals surface area contributed by atoms with Gasteiger partial charge >= 0.3 is 0 Å². The van der Waals surface area contributed by atoms with Crippen molar-refractivity contribution in [3.05, 3.63) is 24.3 Å². The van der Waals surface area contributed by atoms with E-state index >= 15 is 0 Å². The molecule has 5 nitrogen and oxygen atoms in total. The van der Waals surface area contributed by atoms with Crippen molar-refractivity contribution >= 4 is 11.6 Å². The molecule has 106 valence electrons. The number of anilines is 1. The van der Waals surface area contributed by atoms with Crippen molar-refractivity contribution in [2.45, 2.75) is 39.5 Å². The van der Waals surface area contributed by atoms with E-state index in [1.807, 2.05) is 13.8 Å². The van der Waals surface area contributed by atoms with Gasteiger partial charge in [0.2, 0.25) is 5.91 Å². The molecule has 0 heterocycles. The van der Waals surface area contributed by atoms with Gasteiger partial charge < -0.3 is 15.2 Å². The summed E-state index contributed by atoms with van der Waals surface area (Å²) in [7, 11) is 0. The Morgan fingerprint density at radius 2 is 1.95 bits per heavy atom. The van der Waals surface area contributed by atoms with Crippen LogP contribution in [0.25, 0.3) is 0 Å². The predicted molar refractivity (Wildman–Crippen MR) is 74.8 cm³/mol. The average molecular weight is 266 g/mol. The Morgan fingerprint density at radius 1 is 1.37 bits per heavy atom. The Hall–Kier alpha value is -1.59. The van der Waals surface area contributed by atoms with E-state index in [0.717, 1.165) is 0 Å². The Balaban J connectivity index is 2.55. The fraction of sp³-hybridized carbons (Fsp3) is 0.500. The van der Waals surface area contributed by atoms with E-state index in [1.165, 1.54) is 6.92 Å². The fourth-order valence-electron chi connectivity index (χ4n) is 1.67. The highest BCUT2D eigenvalue weighted by Crippen LogP contribution is 2.18. The number of ether oxygens (including phenoxy) is 1. The van der Waals surface area contributed by atoms with Crippen LogP contribution >= 0.6 is 0 Å². The van der Waals surface area contributed by atoms with E-state index in [1.54, 1.807) is 24.3 Å². The molecule has 2 atom stereocenters. The summed E-state index contributed by atoms with van der Waals surface area (Å²) in [5, 5.41) is 12.5. The molecule has 0 bridgehead atoms. The van der Waals surface area contributed by atoms with Gasteiger partial charge in [-0.2, -0.15) is 0 Å². The second-order valence-corrected chi connectivity index (χ2v) is 4.98. The number of hydrogen-bond acceptors (Lipinski definition) is 4. The van der Waals surface area contributed by atoms with Crippen LogP contribution in [0.5, 0.6) is 5.75 Å². The van der Waals surface area contributed by atoms with E-state index in [4.69, 9.17) is 10.5 Å². The van der Waals surface area contributed by atoms with Gasteiger partial charge in [-0.1, -0.05) is 13.8 Å². The molecule has 0 aliphatic rings. The zero-order valence-corrected chi connectivity index (χ0v) is 11.6. The van der Waals surface area contributed by atoms with Crippen molar-refractivity contribution in [2.24, 2.45) is 11.7 Å². The minimum atomic E-state index is -0.756. The lowest BCUT2D eigenvalue weighted by molar-refractivity contribution is -0.114. The number of carbonyl (C=O) groups is 1. The SMILES string of the molecule is CC(=O)Nc1ccc(OC(N)C(O)CC(C)C)cc1. The smallest absolute Gasteiger partial charge is 0.221 e. The quantitative estimate of drug-likeness (QED) is 0.684. The maximum Gasteiger partial charge on any atom is 0.221 e. The van der Waals surface area contributed by atoms with Crippen LogP contribution in [-0.2, 0) is 4.79 Å². The van der Waals surface area contributed by atoms with E-state index < -0.39 is 12.3 Å². The highest BCUT2D eigenvalue weighted by Gasteiger charge is 2.17. The summed E-state index contributed by atoms with van der Waals surface area (Å²) in [4.78, 5) is 10.9. The lowest BCUT2D eigenvalue weighted by atomic mass is 10.1. The van der Waals surface area contributed by atoms with Crippen LogP contribution in [0.4, 0.5) is 5.69 Å². The van der Waals surface area contributed by atoms with Crippen molar-refractivity contribution in [1.82, 2.24) is 0 Å². The molecule has 2 unspecified atom stereocenters. The van der Waals surface area contributed by atoms with Crippen LogP contribution in [0.1, 0.15) is 27.2 Å². The molecule has 0 aliphatic carbocycles. The van der Waals surface area contributed by atoms with Crippen LogP contribution in [0.3, 0.4) is 0 Å². The first-order chi connectivity index (χ1) is 8.88. The van der Waals surface area contributed by atoms with Gasteiger partial charge in [-0.25, -0.2) is 0 Å². The van der Waals surface area contributed by atoms with Gasteiger partial charge in [0, 0.05) is 12.6 Å². The number of hydrogen-bond donors (Lipinski definition) is 3. The summed E-state index contributed by atoms with van der Waals surface area (Å²) in [6.45, 7) is 5.47. The highest BCUT2D eigenvalue weighted by atomic mass is 16.5. The number of nitrogens with two attached hydrogens (primary N) is 1. The number of aliphatic hydroxyl groups excluding tert-OH is 1. The number of carbonyl (C=O) groups excluding carboxylic acids is 1. The Morgan fingerprint density at radius 3 is 2.42 bits per heavy atom. The molecule has 5 heteroatoms. The molecule has 19 heavy (non-hydrogen) atoms. The molecule has 0 aliphatic heterocycles.